The summed E-state index contributed by atoms with van der Waals surface area (Å²) in [6, 6.07) is 14.3. The third-order valence-electron chi connectivity index (χ3n) is 5.97. The first-order valence-corrected chi connectivity index (χ1v) is 14.9. The Labute approximate surface area is 246 Å². The van der Waals surface area contributed by atoms with Crippen LogP contribution in [0.5, 0.6) is 0 Å². The van der Waals surface area contributed by atoms with E-state index in [-0.39, 0.29) is 11.4 Å². The molecule has 1 aliphatic rings. The number of anilines is 1. The van der Waals surface area contributed by atoms with E-state index in [0.29, 0.717) is 37.7 Å². The van der Waals surface area contributed by atoms with Gasteiger partial charge in [-0.25, -0.2) is 0 Å². The number of hydrogen-bond donors (Lipinski definition) is 0. The first kappa shape index (κ1) is 28.0. The highest BCUT2D eigenvalue weighted by atomic mass is 35.5. The average molecular weight is 615 g/mol. The van der Waals surface area contributed by atoms with Gasteiger partial charge in [0, 0.05) is 15.7 Å². The summed E-state index contributed by atoms with van der Waals surface area (Å²) in [7, 11) is 0. The second-order valence-corrected chi connectivity index (χ2v) is 10.9. The highest BCUT2D eigenvalue weighted by Gasteiger charge is 2.45. The van der Waals surface area contributed by atoms with Crippen LogP contribution < -0.4 is 16.0 Å². The molecule has 0 amide bonds. The van der Waals surface area contributed by atoms with E-state index in [1.54, 1.807) is 67.7 Å². The number of benzene rings is 2. The maximum absolute atomic E-state index is 13.1. The summed E-state index contributed by atoms with van der Waals surface area (Å²) in [4.78, 5) is 28.0. The van der Waals surface area contributed by atoms with E-state index < -0.39 is 17.0 Å². The standard InChI is InChI=1S/C25H21Cl2N9O2S2/c1-13-22(37)35(24(39-3)30-28-13)32-20-19(15-5-7-16(26)8-6-15)21(34(20)18-11-9-17(27)10-12-18)33-36-23(38)14(2)29-31-25(36)40-4/h5-12,19H,1-4H3/b32-20-,33-21-. The Bertz CT molecular complexity index is 1630. The van der Waals surface area contributed by atoms with Gasteiger partial charge in [-0.2, -0.15) is 9.35 Å². The van der Waals surface area contributed by atoms with E-state index in [1.807, 2.05) is 12.1 Å². The normalized spacial score (nSPS) is 15.6. The molecule has 1 aliphatic heterocycles. The molecule has 0 atom stereocenters. The molecule has 0 N–H and O–H groups in total. The molecule has 0 radical (unpaired) electrons. The van der Waals surface area contributed by atoms with Crippen molar-refractivity contribution in [2.45, 2.75) is 30.1 Å². The second kappa shape index (κ2) is 11.5. The van der Waals surface area contributed by atoms with Gasteiger partial charge in [0.2, 0.25) is 10.3 Å². The number of nitrogens with zero attached hydrogens (tertiary/aromatic N) is 9. The van der Waals surface area contributed by atoms with Crippen molar-refractivity contribution in [2.24, 2.45) is 10.2 Å². The molecular formula is C25H21Cl2N9O2S2. The molecule has 204 valence electrons. The predicted molar refractivity (Wildman–Crippen MR) is 159 cm³/mol. The lowest BCUT2D eigenvalue weighted by Crippen LogP contribution is -2.58. The summed E-state index contributed by atoms with van der Waals surface area (Å²) in [5.41, 5.74) is 1.05. The quantitative estimate of drug-likeness (QED) is 0.293. The molecule has 40 heavy (non-hydrogen) atoms. The Morgan fingerprint density at radius 3 is 1.55 bits per heavy atom. The van der Waals surface area contributed by atoms with Crippen molar-refractivity contribution in [1.82, 2.24) is 29.7 Å². The molecule has 0 aliphatic carbocycles. The number of thioether (sulfide) groups is 2. The first-order valence-electron chi connectivity index (χ1n) is 11.7. The molecule has 0 bridgehead atoms. The van der Waals surface area contributed by atoms with Crippen molar-refractivity contribution in [3.05, 3.63) is 96.2 Å². The number of aryl methyl sites for hydroxylation is 2. The van der Waals surface area contributed by atoms with Gasteiger partial charge in [-0.05, 0) is 68.3 Å². The lowest BCUT2D eigenvalue weighted by atomic mass is 9.87. The van der Waals surface area contributed by atoms with Gasteiger partial charge < -0.3 is 0 Å². The number of amidine groups is 2. The zero-order chi connectivity index (χ0) is 28.6. The Morgan fingerprint density at radius 2 is 1.12 bits per heavy atom. The minimum absolute atomic E-state index is 0.200. The molecule has 0 unspecified atom stereocenters. The molecule has 1 fully saturated rings. The summed E-state index contributed by atoms with van der Waals surface area (Å²) in [5, 5.41) is 27.5. The third kappa shape index (κ3) is 5.17. The van der Waals surface area contributed by atoms with Crippen molar-refractivity contribution in [2.75, 3.05) is 17.4 Å². The van der Waals surface area contributed by atoms with Crippen LogP contribution in [0.1, 0.15) is 22.9 Å². The Morgan fingerprint density at radius 1 is 0.700 bits per heavy atom. The van der Waals surface area contributed by atoms with Crippen molar-refractivity contribution in [3.63, 3.8) is 0 Å². The number of hydrogen-bond acceptors (Lipinski definition) is 10. The number of halogens is 2. The summed E-state index contributed by atoms with van der Waals surface area (Å²) in [6.45, 7) is 3.15. The van der Waals surface area contributed by atoms with Crippen LogP contribution in [0, 0.1) is 13.8 Å². The Kier molecular flexibility index (Phi) is 8.08. The summed E-state index contributed by atoms with van der Waals surface area (Å²) < 4.78 is 2.45. The molecule has 2 aromatic heterocycles. The van der Waals surface area contributed by atoms with Gasteiger partial charge in [0.25, 0.3) is 11.1 Å². The van der Waals surface area contributed by atoms with E-state index in [9.17, 15) is 9.59 Å². The first-order chi connectivity index (χ1) is 19.2. The van der Waals surface area contributed by atoms with Crippen LogP contribution in [-0.2, 0) is 0 Å². The van der Waals surface area contributed by atoms with Gasteiger partial charge >= 0.3 is 0 Å². The second-order valence-electron chi connectivity index (χ2n) is 8.49. The molecule has 0 spiro atoms. The van der Waals surface area contributed by atoms with Gasteiger partial charge in [0.1, 0.15) is 17.3 Å². The van der Waals surface area contributed by atoms with E-state index >= 15 is 0 Å². The maximum Gasteiger partial charge on any atom is 0.296 e. The zero-order valence-electron chi connectivity index (χ0n) is 21.6. The number of rotatable bonds is 6. The molecule has 5 rings (SSSR count). The molecule has 15 heteroatoms. The Balaban J connectivity index is 1.81. The van der Waals surface area contributed by atoms with Crippen molar-refractivity contribution in [1.29, 1.82) is 0 Å². The summed E-state index contributed by atoms with van der Waals surface area (Å²) in [6.07, 6.45) is 3.57. The van der Waals surface area contributed by atoms with Crippen LogP contribution in [-0.4, -0.2) is 53.9 Å². The lowest BCUT2D eigenvalue weighted by Gasteiger charge is -2.43. The average Bonchev–Trinajstić information content (AvgIpc) is 2.95. The summed E-state index contributed by atoms with van der Waals surface area (Å²) >= 11 is 14.9. The zero-order valence-corrected chi connectivity index (χ0v) is 24.8. The van der Waals surface area contributed by atoms with E-state index in [0.717, 1.165) is 5.56 Å². The lowest BCUT2D eigenvalue weighted by molar-refractivity contribution is 0.619. The van der Waals surface area contributed by atoms with Crippen LogP contribution in [0.4, 0.5) is 5.69 Å². The fourth-order valence-electron chi connectivity index (χ4n) is 3.96. The van der Waals surface area contributed by atoms with Crippen LogP contribution in [0.25, 0.3) is 0 Å². The van der Waals surface area contributed by atoms with Crippen LogP contribution in [0.3, 0.4) is 0 Å². The largest absolute Gasteiger partial charge is 0.296 e. The SMILES string of the molecule is CSc1nnc(C)c(=O)n1/N=C1/C(c2ccc(Cl)cc2)/C(=N/n2c(SC)nnc(C)c2=O)N1c1ccc(Cl)cc1. The molecule has 3 heterocycles. The molecule has 1 saturated heterocycles. The van der Waals surface area contributed by atoms with E-state index in [2.05, 4.69) is 20.4 Å². The van der Waals surface area contributed by atoms with Crippen LogP contribution >= 0.6 is 46.7 Å². The van der Waals surface area contributed by atoms with Crippen molar-refractivity contribution in [3.8, 4) is 0 Å². The van der Waals surface area contributed by atoms with Crippen LogP contribution in [0.15, 0.2) is 78.6 Å². The fourth-order valence-corrected chi connectivity index (χ4v) is 5.05. The fraction of sp³-hybridized carbons (Fsp3) is 0.200. The van der Waals surface area contributed by atoms with Gasteiger partial charge in [-0.1, -0.05) is 58.9 Å². The van der Waals surface area contributed by atoms with Gasteiger partial charge in [-0.3, -0.25) is 14.5 Å². The predicted octanol–water partition coefficient (Wildman–Crippen LogP) is 4.28. The third-order valence-corrected chi connectivity index (χ3v) is 7.71. The highest BCUT2D eigenvalue weighted by Crippen LogP contribution is 2.38. The van der Waals surface area contributed by atoms with E-state index in [1.165, 1.54) is 32.9 Å². The van der Waals surface area contributed by atoms with Crippen LogP contribution in [0.2, 0.25) is 10.0 Å². The van der Waals surface area contributed by atoms with Gasteiger partial charge in [0.05, 0.1) is 0 Å². The topological polar surface area (TPSA) is 124 Å². The Hall–Kier alpha value is -3.52. The van der Waals surface area contributed by atoms with Gasteiger partial charge in [-0.15, -0.1) is 30.6 Å². The van der Waals surface area contributed by atoms with Crippen molar-refractivity contribution >= 4 is 64.1 Å². The minimum Gasteiger partial charge on any atom is -0.281 e. The van der Waals surface area contributed by atoms with Gasteiger partial charge in [0.15, 0.2) is 11.7 Å². The molecular weight excluding hydrogens is 593 g/mol. The monoisotopic (exact) mass is 613 g/mol. The minimum atomic E-state index is -0.557. The maximum atomic E-state index is 13.1. The molecule has 11 nitrogen and oxygen atoms in total. The molecule has 0 saturated carbocycles. The smallest absolute Gasteiger partial charge is 0.281 e. The number of aromatic nitrogens is 6. The highest BCUT2D eigenvalue weighted by molar-refractivity contribution is 7.98. The van der Waals surface area contributed by atoms with Crippen molar-refractivity contribution < 1.29 is 0 Å². The molecule has 4 aromatic rings. The molecule has 2 aromatic carbocycles. The summed E-state index contributed by atoms with van der Waals surface area (Å²) in [5.74, 6) is 0.370. The van der Waals surface area contributed by atoms with E-state index in [4.69, 9.17) is 33.4 Å².